The average molecular weight is 499 g/mol. The Bertz CT molecular complexity index is 959. The summed E-state index contributed by atoms with van der Waals surface area (Å²) in [6.45, 7) is 5.35. The Hall–Kier alpha value is -2.18. The zero-order chi connectivity index (χ0) is 25.5. The number of carbonyl (C=O) groups excluding carboxylic acids is 4. The number of fused-ring (bicyclic) bond motifs is 5. The quantitative estimate of drug-likeness (QED) is 0.558. The third kappa shape index (κ3) is 4.63. The van der Waals surface area contributed by atoms with Gasteiger partial charge in [-0.1, -0.05) is 19.4 Å². The largest absolute Gasteiger partial charge is 0.462 e. The van der Waals surface area contributed by atoms with Crippen LogP contribution in [-0.4, -0.2) is 42.3 Å². The van der Waals surface area contributed by atoms with Crippen LogP contribution < -0.4 is 10.6 Å². The molecule has 7 atom stereocenters. The minimum atomic E-state index is -0.504. The van der Waals surface area contributed by atoms with Crippen LogP contribution in [-0.2, 0) is 23.9 Å². The van der Waals surface area contributed by atoms with Crippen molar-refractivity contribution in [3.63, 3.8) is 0 Å². The molecule has 0 radical (unpaired) electrons. The monoisotopic (exact) mass is 498 g/mol. The second kappa shape index (κ2) is 9.94. The van der Waals surface area contributed by atoms with Gasteiger partial charge in [-0.25, -0.2) is 0 Å². The van der Waals surface area contributed by atoms with Crippen molar-refractivity contribution in [1.29, 1.82) is 0 Å². The van der Waals surface area contributed by atoms with E-state index < -0.39 is 6.04 Å². The Morgan fingerprint density at radius 3 is 2.67 bits per heavy atom. The highest BCUT2D eigenvalue weighted by Gasteiger charge is 2.59. The fraction of sp³-hybridized carbons (Fsp3) is 0.793. The third-order valence-electron chi connectivity index (χ3n) is 10.6. The molecule has 5 rings (SSSR count). The van der Waals surface area contributed by atoms with Crippen LogP contribution in [0.1, 0.15) is 97.3 Å². The van der Waals surface area contributed by atoms with Gasteiger partial charge in [0.2, 0.25) is 11.8 Å². The molecule has 0 unspecified atom stereocenters. The van der Waals surface area contributed by atoms with Gasteiger partial charge < -0.3 is 15.4 Å². The van der Waals surface area contributed by atoms with E-state index in [9.17, 15) is 19.2 Å². The van der Waals surface area contributed by atoms with Crippen molar-refractivity contribution in [1.82, 2.24) is 10.6 Å². The molecular formula is C29H42N2O5. The van der Waals surface area contributed by atoms with Gasteiger partial charge in [0.05, 0.1) is 6.42 Å². The maximum atomic E-state index is 12.8. The standard InChI is InChI=1S/C29H42N2O5/c1-28-14-12-19(32)17-18(28)6-7-20-21-8-9-24(29(21,2)15-13-22(20)28)36-26(34)11-10-25(33)31-23-5-3-4-16-30-27(23)35/h17,20-24H,3-16H2,1-2H3,(H,30,35)(H,31,33)/t20-,21-,22-,23-,24-,28-,29-/m0/s1. The van der Waals surface area contributed by atoms with E-state index in [0.717, 1.165) is 57.8 Å². The molecule has 2 N–H and O–H groups in total. The summed E-state index contributed by atoms with van der Waals surface area (Å²) in [5, 5.41) is 5.61. The molecule has 0 bridgehead atoms. The van der Waals surface area contributed by atoms with Crippen molar-refractivity contribution in [2.24, 2.45) is 28.6 Å². The molecule has 1 saturated heterocycles. The Labute approximate surface area is 214 Å². The summed E-state index contributed by atoms with van der Waals surface area (Å²) in [5.74, 6) is 1.36. The molecule has 7 heteroatoms. The first-order valence-electron chi connectivity index (χ1n) is 14.2. The fourth-order valence-electron chi connectivity index (χ4n) is 8.48. The van der Waals surface area contributed by atoms with Crippen LogP contribution in [0, 0.1) is 28.6 Å². The van der Waals surface area contributed by atoms with Gasteiger partial charge in [-0.15, -0.1) is 0 Å². The fourth-order valence-corrected chi connectivity index (χ4v) is 8.48. The lowest BCUT2D eigenvalue weighted by Crippen LogP contribution is -2.51. The molecule has 0 aromatic heterocycles. The third-order valence-corrected chi connectivity index (χ3v) is 10.6. The first-order valence-corrected chi connectivity index (χ1v) is 14.2. The highest BCUT2D eigenvalue weighted by molar-refractivity contribution is 5.91. The topological polar surface area (TPSA) is 102 Å². The Balaban J connectivity index is 1.16. The summed E-state index contributed by atoms with van der Waals surface area (Å²) in [4.78, 5) is 49.3. The number of allylic oxidation sites excluding steroid dienone is 1. The summed E-state index contributed by atoms with van der Waals surface area (Å²) < 4.78 is 6.04. The number of amides is 2. The van der Waals surface area contributed by atoms with Crippen molar-refractivity contribution >= 4 is 23.6 Å². The second-order valence-corrected chi connectivity index (χ2v) is 12.5. The van der Waals surface area contributed by atoms with Gasteiger partial charge in [0.25, 0.3) is 0 Å². The molecule has 36 heavy (non-hydrogen) atoms. The lowest BCUT2D eigenvalue weighted by Gasteiger charge is -2.57. The van der Waals surface area contributed by atoms with E-state index in [1.54, 1.807) is 0 Å². The molecule has 4 fully saturated rings. The molecule has 2 amide bonds. The Morgan fingerprint density at radius 1 is 1.00 bits per heavy atom. The summed E-state index contributed by atoms with van der Waals surface area (Å²) in [6, 6.07) is -0.504. The first kappa shape index (κ1) is 25.5. The highest BCUT2D eigenvalue weighted by Crippen LogP contribution is 2.65. The maximum Gasteiger partial charge on any atom is 0.306 e. The lowest BCUT2D eigenvalue weighted by atomic mass is 9.47. The van der Waals surface area contributed by atoms with Crippen molar-refractivity contribution < 1.29 is 23.9 Å². The van der Waals surface area contributed by atoms with Gasteiger partial charge in [-0.05, 0) is 93.5 Å². The lowest BCUT2D eigenvalue weighted by molar-refractivity contribution is -0.160. The maximum absolute atomic E-state index is 12.8. The number of ether oxygens (including phenoxy) is 1. The van der Waals surface area contributed by atoms with E-state index >= 15 is 0 Å². The molecule has 1 aliphatic heterocycles. The molecule has 3 saturated carbocycles. The summed E-state index contributed by atoms with van der Waals surface area (Å²) in [6.07, 6.45) is 12.4. The van der Waals surface area contributed by atoms with E-state index in [0.29, 0.717) is 42.9 Å². The predicted octanol–water partition coefficient (Wildman–Crippen LogP) is 4.00. The normalized spacial score (nSPS) is 40.1. The van der Waals surface area contributed by atoms with Crippen LogP contribution in [0.5, 0.6) is 0 Å². The summed E-state index contributed by atoms with van der Waals surface area (Å²) in [5.41, 5.74) is 1.51. The zero-order valence-electron chi connectivity index (χ0n) is 21.9. The summed E-state index contributed by atoms with van der Waals surface area (Å²) in [7, 11) is 0. The smallest absolute Gasteiger partial charge is 0.306 e. The van der Waals surface area contributed by atoms with Gasteiger partial charge in [-0.2, -0.15) is 0 Å². The van der Waals surface area contributed by atoms with E-state index in [1.807, 2.05) is 6.08 Å². The van der Waals surface area contributed by atoms with E-state index in [2.05, 4.69) is 24.5 Å². The SMILES string of the molecule is C[C@]12CC[C@H]3[C@@H](CCC4=CC(=O)CC[C@@]43C)[C@@H]1CC[C@@H]2OC(=O)CCC(=O)N[C@H]1CCCCNC1=O. The average Bonchev–Trinajstić information content (AvgIpc) is 3.04. The number of hydrogen-bond acceptors (Lipinski definition) is 5. The van der Waals surface area contributed by atoms with Crippen molar-refractivity contribution in [3.8, 4) is 0 Å². The van der Waals surface area contributed by atoms with Crippen LogP contribution in [0.2, 0.25) is 0 Å². The van der Waals surface area contributed by atoms with Crippen LogP contribution in [0.4, 0.5) is 0 Å². The van der Waals surface area contributed by atoms with Gasteiger partial charge in [0.15, 0.2) is 5.78 Å². The molecular weight excluding hydrogens is 456 g/mol. The Kier molecular flexibility index (Phi) is 7.03. The van der Waals surface area contributed by atoms with Crippen LogP contribution in [0.25, 0.3) is 0 Å². The first-order chi connectivity index (χ1) is 17.2. The van der Waals surface area contributed by atoms with Crippen molar-refractivity contribution in [3.05, 3.63) is 11.6 Å². The second-order valence-electron chi connectivity index (χ2n) is 12.5. The zero-order valence-corrected chi connectivity index (χ0v) is 21.9. The molecule has 198 valence electrons. The number of nitrogens with one attached hydrogen (secondary N) is 2. The van der Waals surface area contributed by atoms with Gasteiger partial charge >= 0.3 is 5.97 Å². The molecule has 1 heterocycles. The van der Waals surface area contributed by atoms with Crippen LogP contribution >= 0.6 is 0 Å². The van der Waals surface area contributed by atoms with E-state index in [-0.39, 0.29) is 47.6 Å². The van der Waals surface area contributed by atoms with E-state index in [4.69, 9.17) is 4.74 Å². The molecule has 4 aliphatic carbocycles. The minimum Gasteiger partial charge on any atom is -0.462 e. The predicted molar refractivity (Wildman–Crippen MR) is 135 cm³/mol. The van der Waals surface area contributed by atoms with Gasteiger partial charge in [0.1, 0.15) is 12.1 Å². The molecule has 5 aliphatic rings. The van der Waals surface area contributed by atoms with Crippen molar-refractivity contribution in [2.75, 3.05) is 6.54 Å². The van der Waals surface area contributed by atoms with E-state index in [1.165, 1.54) is 5.57 Å². The minimum absolute atomic E-state index is 0.0143. The van der Waals surface area contributed by atoms with Crippen LogP contribution in [0.3, 0.4) is 0 Å². The molecule has 7 nitrogen and oxygen atoms in total. The summed E-state index contributed by atoms with van der Waals surface area (Å²) >= 11 is 0. The van der Waals surface area contributed by atoms with Crippen molar-refractivity contribution in [2.45, 2.75) is 109 Å². The van der Waals surface area contributed by atoms with Gasteiger partial charge in [0, 0.05) is 24.8 Å². The Morgan fingerprint density at radius 2 is 1.83 bits per heavy atom. The molecule has 0 aromatic carbocycles. The number of ketones is 1. The van der Waals surface area contributed by atoms with Gasteiger partial charge in [-0.3, -0.25) is 19.2 Å². The van der Waals surface area contributed by atoms with Crippen LogP contribution in [0.15, 0.2) is 11.6 Å². The number of rotatable bonds is 5. The number of hydrogen-bond donors (Lipinski definition) is 2. The molecule has 0 aromatic rings. The highest BCUT2D eigenvalue weighted by atomic mass is 16.5. The number of esters is 1. The number of carbonyl (C=O) groups is 4. The molecule has 0 spiro atoms.